The molecule has 0 saturated carbocycles. The van der Waals surface area contributed by atoms with Crippen molar-refractivity contribution in [3.05, 3.63) is 41.7 Å². The monoisotopic (exact) mass is 175 g/mol. The molecule has 0 N–H and O–H groups in total. The van der Waals surface area contributed by atoms with Crippen LogP contribution in [0.15, 0.2) is 30.6 Å². The number of hydrogen-bond donors (Lipinski definition) is 0. The minimum atomic E-state index is 1.34. The molecule has 0 aliphatic rings. The SMILES string of the molecule is CC.Cc1cccn2ccc(C)c12. The zero-order valence-corrected chi connectivity index (χ0v) is 8.83. The molecule has 0 fully saturated rings. The molecule has 2 heterocycles. The maximum atomic E-state index is 2.16. The van der Waals surface area contributed by atoms with Crippen molar-refractivity contribution in [2.24, 2.45) is 0 Å². The van der Waals surface area contributed by atoms with E-state index in [0.717, 1.165) is 0 Å². The van der Waals surface area contributed by atoms with Gasteiger partial charge in [-0.05, 0) is 37.1 Å². The fraction of sp³-hybridized carbons (Fsp3) is 0.333. The average molecular weight is 175 g/mol. The highest BCUT2D eigenvalue weighted by atomic mass is 14.9. The van der Waals surface area contributed by atoms with Gasteiger partial charge in [0.15, 0.2) is 0 Å². The van der Waals surface area contributed by atoms with Crippen LogP contribution in [0.1, 0.15) is 25.0 Å². The normalized spacial score (nSPS) is 9.54. The Bertz CT molecular complexity index is 385. The number of hydrogen-bond acceptors (Lipinski definition) is 0. The van der Waals surface area contributed by atoms with Crippen molar-refractivity contribution < 1.29 is 0 Å². The van der Waals surface area contributed by atoms with Crippen LogP contribution in [0.2, 0.25) is 0 Å². The number of pyridine rings is 1. The largest absolute Gasteiger partial charge is 0.323 e. The Morgan fingerprint density at radius 1 is 0.923 bits per heavy atom. The van der Waals surface area contributed by atoms with E-state index in [4.69, 9.17) is 0 Å². The number of fused-ring (bicyclic) bond motifs is 1. The average Bonchev–Trinajstić information content (AvgIpc) is 2.53. The van der Waals surface area contributed by atoms with Gasteiger partial charge in [0, 0.05) is 12.4 Å². The van der Waals surface area contributed by atoms with Crippen LogP contribution in [0.25, 0.3) is 5.52 Å². The second kappa shape index (κ2) is 4.13. The maximum Gasteiger partial charge on any atom is 0.0508 e. The summed E-state index contributed by atoms with van der Waals surface area (Å²) in [7, 11) is 0. The molecule has 13 heavy (non-hydrogen) atoms. The number of aryl methyl sites for hydroxylation is 2. The highest BCUT2D eigenvalue weighted by Crippen LogP contribution is 2.14. The number of aromatic nitrogens is 1. The Balaban J connectivity index is 0.000000396. The second-order valence-corrected chi connectivity index (χ2v) is 2.95. The molecular weight excluding hydrogens is 158 g/mol. The summed E-state index contributed by atoms with van der Waals surface area (Å²) in [6.45, 7) is 8.28. The van der Waals surface area contributed by atoms with Gasteiger partial charge in [-0.25, -0.2) is 0 Å². The van der Waals surface area contributed by atoms with Crippen LogP contribution in [-0.4, -0.2) is 4.40 Å². The van der Waals surface area contributed by atoms with E-state index in [-0.39, 0.29) is 0 Å². The molecule has 0 amide bonds. The first kappa shape index (κ1) is 9.85. The molecular formula is C12H17N. The van der Waals surface area contributed by atoms with Gasteiger partial charge in [-0.15, -0.1) is 0 Å². The van der Waals surface area contributed by atoms with E-state index in [1.54, 1.807) is 0 Å². The van der Waals surface area contributed by atoms with Gasteiger partial charge in [-0.2, -0.15) is 0 Å². The van der Waals surface area contributed by atoms with Crippen molar-refractivity contribution in [1.82, 2.24) is 4.40 Å². The predicted molar refractivity (Wildman–Crippen MR) is 58.2 cm³/mol. The minimum Gasteiger partial charge on any atom is -0.323 e. The summed E-state index contributed by atoms with van der Waals surface area (Å²) in [5, 5.41) is 0. The van der Waals surface area contributed by atoms with Crippen LogP contribution in [0, 0.1) is 13.8 Å². The molecule has 0 aliphatic carbocycles. The van der Waals surface area contributed by atoms with Crippen molar-refractivity contribution in [3.63, 3.8) is 0 Å². The summed E-state index contributed by atoms with van der Waals surface area (Å²) in [5.41, 5.74) is 4.03. The van der Waals surface area contributed by atoms with Crippen LogP contribution in [0.3, 0.4) is 0 Å². The summed E-state index contributed by atoms with van der Waals surface area (Å²) < 4.78 is 2.16. The van der Waals surface area contributed by atoms with Crippen molar-refractivity contribution in [1.29, 1.82) is 0 Å². The van der Waals surface area contributed by atoms with Gasteiger partial charge in [0.2, 0.25) is 0 Å². The quantitative estimate of drug-likeness (QED) is 0.576. The van der Waals surface area contributed by atoms with Gasteiger partial charge in [-0.3, -0.25) is 0 Å². The third kappa shape index (κ3) is 1.74. The maximum absolute atomic E-state index is 2.16. The highest BCUT2D eigenvalue weighted by Gasteiger charge is 1.98. The minimum absolute atomic E-state index is 1.34. The summed E-state index contributed by atoms with van der Waals surface area (Å²) >= 11 is 0. The second-order valence-electron chi connectivity index (χ2n) is 2.95. The fourth-order valence-corrected chi connectivity index (χ4v) is 1.55. The number of nitrogens with zero attached hydrogens (tertiary/aromatic N) is 1. The highest BCUT2D eigenvalue weighted by molar-refractivity contribution is 5.60. The summed E-state index contributed by atoms with van der Waals surface area (Å²) in [4.78, 5) is 0. The summed E-state index contributed by atoms with van der Waals surface area (Å²) in [6.07, 6.45) is 4.17. The van der Waals surface area contributed by atoms with Crippen LogP contribution in [0.4, 0.5) is 0 Å². The first-order valence-corrected chi connectivity index (χ1v) is 4.82. The van der Waals surface area contributed by atoms with E-state index < -0.39 is 0 Å². The molecule has 2 aromatic heterocycles. The number of rotatable bonds is 0. The topological polar surface area (TPSA) is 4.41 Å². The molecule has 0 spiro atoms. The molecule has 1 nitrogen and oxygen atoms in total. The van der Waals surface area contributed by atoms with Crippen molar-refractivity contribution >= 4 is 5.52 Å². The zero-order valence-electron chi connectivity index (χ0n) is 8.83. The lowest BCUT2D eigenvalue weighted by Gasteiger charge is -1.98. The van der Waals surface area contributed by atoms with E-state index in [0.29, 0.717) is 0 Å². The molecule has 0 aliphatic heterocycles. The summed E-state index contributed by atoms with van der Waals surface area (Å²) in [6, 6.07) is 6.35. The van der Waals surface area contributed by atoms with E-state index in [1.165, 1.54) is 16.6 Å². The van der Waals surface area contributed by atoms with Gasteiger partial charge in [0.05, 0.1) is 5.52 Å². The molecule has 1 heteroatoms. The van der Waals surface area contributed by atoms with Crippen molar-refractivity contribution in [3.8, 4) is 0 Å². The molecule has 2 aromatic rings. The van der Waals surface area contributed by atoms with Crippen LogP contribution in [0.5, 0.6) is 0 Å². The third-order valence-corrected chi connectivity index (χ3v) is 2.08. The molecule has 0 atom stereocenters. The fourth-order valence-electron chi connectivity index (χ4n) is 1.55. The molecule has 0 bridgehead atoms. The van der Waals surface area contributed by atoms with Crippen molar-refractivity contribution in [2.45, 2.75) is 27.7 Å². The Morgan fingerprint density at radius 3 is 2.15 bits per heavy atom. The van der Waals surface area contributed by atoms with Crippen LogP contribution >= 0.6 is 0 Å². The molecule has 0 saturated heterocycles. The molecule has 70 valence electrons. The Labute approximate surface area is 80.0 Å². The lowest BCUT2D eigenvalue weighted by molar-refractivity contribution is 1.18. The smallest absolute Gasteiger partial charge is 0.0508 e. The van der Waals surface area contributed by atoms with E-state index >= 15 is 0 Å². The Kier molecular flexibility index (Phi) is 3.13. The lowest BCUT2D eigenvalue weighted by Crippen LogP contribution is -1.84. The molecule has 2 rings (SSSR count). The van der Waals surface area contributed by atoms with E-state index in [9.17, 15) is 0 Å². The van der Waals surface area contributed by atoms with Gasteiger partial charge >= 0.3 is 0 Å². The standard InChI is InChI=1S/C10H11N.C2H6/c1-8-4-3-6-11-7-5-9(2)10(8)11;1-2/h3-7H,1-2H3;1-2H3. The van der Waals surface area contributed by atoms with Gasteiger partial charge in [-0.1, -0.05) is 19.9 Å². The van der Waals surface area contributed by atoms with Crippen LogP contribution in [-0.2, 0) is 0 Å². The van der Waals surface area contributed by atoms with Gasteiger partial charge in [0.25, 0.3) is 0 Å². The van der Waals surface area contributed by atoms with Crippen LogP contribution < -0.4 is 0 Å². The molecule has 0 unspecified atom stereocenters. The molecule has 0 radical (unpaired) electrons. The zero-order chi connectivity index (χ0) is 9.84. The predicted octanol–water partition coefficient (Wildman–Crippen LogP) is 3.58. The van der Waals surface area contributed by atoms with E-state index in [2.05, 4.69) is 48.8 Å². The lowest BCUT2D eigenvalue weighted by atomic mass is 10.2. The molecule has 0 aromatic carbocycles. The first-order chi connectivity index (χ1) is 6.29. The first-order valence-electron chi connectivity index (χ1n) is 4.82. The van der Waals surface area contributed by atoms with Gasteiger partial charge in [0.1, 0.15) is 0 Å². The summed E-state index contributed by atoms with van der Waals surface area (Å²) in [5.74, 6) is 0. The van der Waals surface area contributed by atoms with Gasteiger partial charge < -0.3 is 4.40 Å². The van der Waals surface area contributed by atoms with E-state index in [1.807, 2.05) is 13.8 Å². The van der Waals surface area contributed by atoms with Crippen molar-refractivity contribution in [2.75, 3.05) is 0 Å². The Hall–Kier alpha value is -1.24. The Morgan fingerprint density at radius 2 is 1.54 bits per heavy atom. The third-order valence-electron chi connectivity index (χ3n) is 2.08.